The molecule has 5 aromatic rings. The van der Waals surface area contributed by atoms with Crippen molar-refractivity contribution < 1.29 is 14.2 Å². The fourth-order valence-corrected chi connectivity index (χ4v) is 4.79. The van der Waals surface area contributed by atoms with Crippen LogP contribution in [-0.4, -0.2) is 97.4 Å². The smallest absolute Gasteiger partial charge is 0.142 e. The number of rotatable bonds is 16. The molecule has 0 amide bonds. The standard InChI is InChI=1S/C32H39N9O3/c1-40(2)14-5-16-42-23-8-11-26-28(20-23)37-31(35-26)22-7-10-25(30(19-22)44-18-13-34-39-33)32-36-27-12-9-24(21-29(27)38-32)43-17-6-15-41(3)4/h7-12,19-21H,5-6,13-18H2,1-4H3,(H,35,37)(H,36,38). The minimum atomic E-state index is 0.205. The van der Waals surface area contributed by atoms with Gasteiger partial charge in [0.1, 0.15) is 28.9 Å². The third-order valence-electron chi connectivity index (χ3n) is 6.97. The summed E-state index contributed by atoms with van der Waals surface area (Å²) in [6.07, 6.45) is 1.89. The minimum absolute atomic E-state index is 0.205. The average Bonchev–Trinajstić information content (AvgIpc) is 3.63. The van der Waals surface area contributed by atoms with E-state index in [1.54, 1.807) is 0 Å². The van der Waals surface area contributed by atoms with Gasteiger partial charge in [-0.25, -0.2) is 9.97 Å². The largest absolute Gasteiger partial charge is 0.493 e. The molecule has 0 aliphatic rings. The van der Waals surface area contributed by atoms with Crippen molar-refractivity contribution in [2.75, 3.05) is 67.6 Å². The lowest BCUT2D eigenvalue weighted by Gasteiger charge is -2.11. The van der Waals surface area contributed by atoms with Crippen molar-refractivity contribution >= 4 is 22.1 Å². The van der Waals surface area contributed by atoms with E-state index >= 15 is 0 Å². The van der Waals surface area contributed by atoms with Crippen molar-refractivity contribution in [1.29, 1.82) is 0 Å². The van der Waals surface area contributed by atoms with Gasteiger partial charge in [-0.15, -0.1) is 0 Å². The highest BCUT2D eigenvalue weighted by Crippen LogP contribution is 2.35. The predicted octanol–water partition coefficient (Wildman–Crippen LogP) is 6.12. The van der Waals surface area contributed by atoms with Crippen LogP contribution in [-0.2, 0) is 0 Å². The van der Waals surface area contributed by atoms with Crippen molar-refractivity contribution in [1.82, 2.24) is 29.7 Å². The molecule has 0 aliphatic carbocycles. The molecule has 0 saturated heterocycles. The van der Waals surface area contributed by atoms with Crippen LogP contribution in [0.15, 0.2) is 59.7 Å². The number of nitrogens with one attached hydrogen (secondary N) is 2. The molecule has 0 aliphatic heterocycles. The summed E-state index contributed by atoms with van der Waals surface area (Å²) >= 11 is 0. The summed E-state index contributed by atoms with van der Waals surface area (Å²) in [4.78, 5) is 23.6. The number of azide groups is 1. The van der Waals surface area contributed by atoms with Gasteiger partial charge in [0.2, 0.25) is 0 Å². The number of fused-ring (bicyclic) bond motifs is 2. The van der Waals surface area contributed by atoms with E-state index in [1.165, 1.54) is 0 Å². The second-order valence-corrected chi connectivity index (χ2v) is 11.1. The van der Waals surface area contributed by atoms with Crippen LogP contribution in [0.3, 0.4) is 0 Å². The molecule has 230 valence electrons. The van der Waals surface area contributed by atoms with Gasteiger partial charge in [-0.2, -0.15) is 0 Å². The van der Waals surface area contributed by atoms with E-state index in [4.69, 9.17) is 29.7 Å². The molecule has 3 aromatic carbocycles. The highest BCUT2D eigenvalue weighted by atomic mass is 16.5. The molecule has 0 fully saturated rings. The van der Waals surface area contributed by atoms with Gasteiger partial charge < -0.3 is 34.0 Å². The summed E-state index contributed by atoms with van der Waals surface area (Å²) < 4.78 is 18.0. The molecule has 0 radical (unpaired) electrons. The van der Waals surface area contributed by atoms with E-state index in [9.17, 15) is 0 Å². The Labute approximate surface area is 256 Å². The lowest BCUT2D eigenvalue weighted by molar-refractivity contribution is 0.282. The van der Waals surface area contributed by atoms with Crippen molar-refractivity contribution in [2.45, 2.75) is 12.8 Å². The van der Waals surface area contributed by atoms with E-state index in [-0.39, 0.29) is 13.2 Å². The Kier molecular flexibility index (Phi) is 10.2. The van der Waals surface area contributed by atoms with Gasteiger partial charge in [0.15, 0.2) is 0 Å². The van der Waals surface area contributed by atoms with E-state index in [1.807, 2.05) is 54.6 Å². The Hall–Kier alpha value is -4.77. The maximum Gasteiger partial charge on any atom is 0.142 e. The molecular weight excluding hydrogens is 558 g/mol. The molecule has 2 heterocycles. The molecule has 2 N–H and O–H groups in total. The van der Waals surface area contributed by atoms with Gasteiger partial charge in [-0.3, -0.25) is 0 Å². The number of nitrogens with zero attached hydrogens (tertiary/aromatic N) is 7. The molecule has 0 bridgehead atoms. The number of H-pyrrole nitrogens is 2. The Morgan fingerprint density at radius 2 is 1.32 bits per heavy atom. The van der Waals surface area contributed by atoms with Crippen molar-refractivity contribution in [2.24, 2.45) is 5.11 Å². The minimum Gasteiger partial charge on any atom is -0.493 e. The Bertz CT molecular complexity index is 1740. The quantitative estimate of drug-likeness (QED) is 0.0604. The molecule has 12 nitrogen and oxygen atoms in total. The number of imidazole rings is 2. The van der Waals surface area contributed by atoms with Crippen molar-refractivity contribution in [3.05, 3.63) is 65.0 Å². The number of benzene rings is 3. The highest BCUT2D eigenvalue weighted by Gasteiger charge is 2.15. The average molecular weight is 598 g/mol. The fraction of sp³-hybridized carbons (Fsp3) is 0.375. The first kappa shape index (κ1) is 30.7. The summed E-state index contributed by atoms with van der Waals surface area (Å²) in [6, 6.07) is 17.6. The third kappa shape index (κ3) is 7.99. The second kappa shape index (κ2) is 14.6. The Morgan fingerprint density at radius 1 is 0.727 bits per heavy atom. The number of hydrogen-bond acceptors (Lipinski definition) is 8. The topological polar surface area (TPSA) is 140 Å². The van der Waals surface area contributed by atoms with Gasteiger partial charge >= 0.3 is 0 Å². The van der Waals surface area contributed by atoms with Gasteiger partial charge in [-0.05, 0) is 83.0 Å². The molecule has 0 atom stereocenters. The number of hydrogen-bond donors (Lipinski definition) is 2. The first-order chi connectivity index (χ1) is 21.4. The predicted molar refractivity (Wildman–Crippen MR) is 173 cm³/mol. The van der Waals surface area contributed by atoms with Gasteiger partial charge in [0.25, 0.3) is 0 Å². The fourth-order valence-electron chi connectivity index (χ4n) is 4.79. The van der Waals surface area contributed by atoms with Crippen LogP contribution in [0.5, 0.6) is 17.2 Å². The molecule has 0 unspecified atom stereocenters. The van der Waals surface area contributed by atoms with Crippen LogP contribution in [0.25, 0.3) is 55.3 Å². The zero-order valence-electron chi connectivity index (χ0n) is 25.7. The molecule has 2 aromatic heterocycles. The highest BCUT2D eigenvalue weighted by molar-refractivity contribution is 5.84. The lowest BCUT2D eigenvalue weighted by atomic mass is 10.1. The van der Waals surface area contributed by atoms with Gasteiger partial charge in [-0.1, -0.05) is 11.2 Å². The van der Waals surface area contributed by atoms with Crippen LogP contribution in [0.1, 0.15) is 12.8 Å². The van der Waals surface area contributed by atoms with Crippen LogP contribution in [0.4, 0.5) is 0 Å². The normalized spacial score (nSPS) is 11.4. The third-order valence-corrected chi connectivity index (χ3v) is 6.97. The summed E-state index contributed by atoms with van der Waals surface area (Å²) in [5.74, 6) is 3.56. The monoisotopic (exact) mass is 597 g/mol. The maximum absolute atomic E-state index is 8.71. The summed E-state index contributed by atoms with van der Waals surface area (Å²) in [5, 5.41) is 3.61. The van der Waals surface area contributed by atoms with E-state index < -0.39 is 0 Å². The second-order valence-electron chi connectivity index (χ2n) is 11.1. The first-order valence-corrected chi connectivity index (χ1v) is 14.7. The first-order valence-electron chi connectivity index (χ1n) is 14.7. The number of aromatic nitrogens is 4. The SMILES string of the molecule is CN(C)CCCOc1ccc2nc(-c3ccc(-c4nc5ccc(OCCCN(C)C)cc5[nH]4)c(OCCN=[N+]=[N-])c3)[nH]c2c1. The van der Waals surface area contributed by atoms with E-state index in [0.29, 0.717) is 30.6 Å². The van der Waals surface area contributed by atoms with E-state index in [0.717, 1.165) is 70.6 Å². The van der Waals surface area contributed by atoms with Crippen LogP contribution >= 0.6 is 0 Å². The maximum atomic E-state index is 8.71. The number of aromatic amines is 2. The zero-order chi connectivity index (χ0) is 30.9. The summed E-state index contributed by atoms with van der Waals surface area (Å²) in [5.41, 5.74) is 13.8. The van der Waals surface area contributed by atoms with Crippen molar-refractivity contribution in [3.8, 4) is 40.0 Å². The van der Waals surface area contributed by atoms with Gasteiger partial charge in [0.05, 0.1) is 54.0 Å². The Balaban J connectivity index is 1.38. The van der Waals surface area contributed by atoms with Crippen LogP contribution < -0.4 is 14.2 Å². The van der Waals surface area contributed by atoms with Crippen LogP contribution in [0.2, 0.25) is 0 Å². The number of ether oxygens (including phenoxy) is 3. The van der Waals surface area contributed by atoms with Crippen LogP contribution in [0, 0.1) is 0 Å². The van der Waals surface area contributed by atoms with E-state index in [2.05, 4.69) is 58.0 Å². The molecule has 5 rings (SSSR count). The molecule has 44 heavy (non-hydrogen) atoms. The summed E-state index contributed by atoms with van der Waals surface area (Å²) in [7, 11) is 8.21. The lowest BCUT2D eigenvalue weighted by Crippen LogP contribution is -2.15. The Morgan fingerprint density at radius 3 is 1.91 bits per heavy atom. The molecule has 0 saturated carbocycles. The van der Waals surface area contributed by atoms with Crippen molar-refractivity contribution in [3.63, 3.8) is 0 Å². The molecule has 0 spiro atoms. The van der Waals surface area contributed by atoms with Gasteiger partial charge in [0, 0.05) is 35.7 Å². The zero-order valence-corrected chi connectivity index (χ0v) is 25.7. The summed E-state index contributed by atoms with van der Waals surface area (Å²) in [6.45, 7) is 3.66. The molecular formula is C32H39N9O3. The molecule has 12 heteroatoms.